The first-order chi connectivity index (χ1) is 11.9. The van der Waals surface area contributed by atoms with Crippen molar-refractivity contribution >= 4 is 11.9 Å². The van der Waals surface area contributed by atoms with Gasteiger partial charge in [-0.3, -0.25) is 9.69 Å². The van der Waals surface area contributed by atoms with Crippen molar-refractivity contribution in [2.45, 2.75) is 44.1 Å². The predicted octanol–water partition coefficient (Wildman–Crippen LogP) is 2.41. The lowest BCUT2D eigenvalue weighted by Crippen LogP contribution is -2.47. The first-order valence-electron chi connectivity index (χ1n) is 8.67. The summed E-state index contributed by atoms with van der Waals surface area (Å²) in [7, 11) is 1.58. The van der Waals surface area contributed by atoms with Crippen LogP contribution in [-0.2, 0) is 4.79 Å². The van der Waals surface area contributed by atoms with Crippen LogP contribution < -0.4 is 10.5 Å². The molecule has 1 heterocycles. The Kier molecular flexibility index (Phi) is 4.83. The topological polar surface area (TPSA) is 88.2 Å². The van der Waals surface area contributed by atoms with E-state index >= 15 is 0 Å². The molecule has 1 aliphatic heterocycles. The molecule has 0 radical (unpaired) electrons. The Morgan fingerprint density at radius 2 is 2.12 bits per heavy atom. The Morgan fingerprint density at radius 3 is 2.76 bits per heavy atom. The number of aliphatic imine (C=N–C) groups is 1. The Balaban J connectivity index is 1.82. The third kappa shape index (κ3) is 3.41. The lowest BCUT2D eigenvalue weighted by Gasteiger charge is -2.31. The highest BCUT2D eigenvalue weighted by atomic mass is 19.1. The lowest BCUT2D eigenvalue weighted by molar-refractivity contribution is -0.132. The maximum absolute atomic E-state index is 14.0. The van der Waals surface area contributed by atoms with Gasteiger partial charge in [0.2, 0.25) is 5.82 Å². The molecule has 1 unspecified atom stereocenters. The van der Waals surface area contributed by atoms with Crippen LogP contribution in [0.2, 0.25) is 0 Å². The van der Waals surface area contributed by atoms with E-state index in [1.165, 1.54) is 29.5 Å². The summed E-state index contributed by atoms with van der Waals surface area (Å²) in [6.45, 7) is -0.103. The van der Waals surface area contributed by atoms with Crippen molar-refractivity contribution in [3.8, 4) is 11.5 Å². The van der Waals surface area contributed by atoms with Crippen molar-refractivity contribution < 1.29 is 19.0 Å². The molecular formula is C18H24FN3O3. The number of carbonyl (C=O) groups excluding carboxylic acids is 1. The third-order valence-corrected chi connectivity index (χ3v) is 5.14. The molecule has 0 aromatic heterocycles. The van der Waals surface area contributed by atoms with Crippen LogP contribution in [0.4, 0.5) is 4.39 Å². The molecule has 136 valence electrons. The van der Waals surface area contributed by atoms with E-state index in [-0.39, 0.29) is 24.2 Å². The molecule has 1 atom stereocenters. The fourth-order valence-electron chi connectivity index (χ4n) is 3.72. The number of nitrogens with zero attached hydrogens (tertiary/aromatic N) is 2. The first kappa shape index (κ1) is 17.5. The Labute approximate surface area is 146 Å². The molecule has 1 saturated carbocycles. The van der Waals surface area contributed by atoms with E-state index in [4.69, 9.17) is 10.5 Å². The zero-order valence-electron chi connectivity index (χ0n) is 14.4. The standard InChI is InChI=1S/C18H24FN3O3/c1-22-16(24)18(21-17(22)20,10-12-6-3-2-4-7-12)11-25-14-9-5-8-13(23)15(14)19/h5,8-9,12,23H,2-4,6-7,10-11H2,1H3,(H2,20,21). The van der Waals surface area contributed by atoms with Gasteiger partial charge in [-0.2, -0.15) is 4.39 Å². The van der Waals surface area contributed by atoms with Gasteiger partial charge >= 0.3 is 0 Å². The number of amides is 1. The SMILES string of the molecule is CN1C(=O)C(COc2cccc(O)c2F)(CC2CCCCC2)N=C1N. The average molecular weight is 349 g/mol. The molecule has 3 rings (SSSR count). The number of rotatable bonds is 5. The smallest absolute Gasteiger partial charge is 0.260 e. The number of hydrogen-bond acceptors (Lipinski definition) is 5. The number of aromatic hydroxyl groups is 1. The number of hydrogen-bond donors (Lipinski definition) is 2. The van der Waals surface area contributed by atoms with Crippen molar-refractivity contribution in [2.24, 2.45) is 16.6 Å². The molecule has 2 aliphatic rings. The molecule has 0 bridgehead atoms. The van der Waals surface area contributed by atoms with Crippen LogP contribution in [0.15, 0.2) is 23.2 Å². The van der Waals surface area contributed by atoms with Gasteiger partial charge < -0.3 is 15.6 Å². The quantitative estimate of drug-likeness (QED) is 0.854. The highest BCUT2D eigenvalue weighted by molar-refractivity contribution is 6.06. The second-order valence-corrected chi connectivity index (χ2v) is 6.95. The van der Waals surface area contributed by atoms with E-state index in [9.17, 15) is 14.3 Å². The molecule has 1 aliphatic carbocycles. The van der Waals surface area contributed by atoms with Crippen molar-refractivity contribution in [3.05, 3.63) is 24.0 Å². The lowest BCUT2D eigenvalue weighted by atomic mass is 9.79. The first-order valence-corrected chi connectivity index (χ1v) is 8.67. The normalized spacial score (nSPS) is 24.5. The maximum Gasteiger partial charge on any atom is 0.260 e. The number of halogens is 1. The number of guanidine groups is 1. The molecule has 7 heteroatoms. The molecular weight excluding hydrogens is 325 g/mol. The predicted molar refractivity (Wildman–Crippen MR) is 91.9 cm³/mol. The zero-order chi connectivity index (χ0) is 18.0. The van der Waals surface area contributed by atoms with Crippen molar-refractivity contribution in [3.63, 3.8) is 0 Å². The third-order valence-electron chi connectivity index (χ3n) is 5.14. The summed E-state index contributed by atoms with van der Waals surface area (Å²) in [5.41, 5.74) is 4.73. The molecule has 1 aromatic carbocycles. The summed E-state index contributed by atoms with van der Waals surface area (Å²) in [6.07, 6.45) is 6.15. The van der Waals surface area contributed by atoms with Gasteiger partial charge in [0.1, 0.15) is 6.61 Å². The maximum atomic E-state index is 14.0. The van der Waals surface area contributed by atoms with E-state index in [1.54, 1.807) is 7.05 Å². The molecule has 0 saturated heterocycles. The monoisotopic (exact) mass is 349 g/mol. The van der Waals surface area contributed by atoms with Gasteiger partial charge in [0.25, 0.3) is 5.91 Å². The fraction of sp³-hybridized carbons (Fsp3) is 0.556. The van der Waals surface area contributed by atoms with Crippen LogP contribution in [0, 0.1) is 11.7 Å². The van der Waals surface area contributed by atoms with E-state index in [0.717, 1.165) is 25.7 Å². The average Bonchev–Trinajstić information content (AvgIpc) is 2.81. The van der Waals surface area contributed by atoms with Gasteiger partial charge in [-0.25, -0.2) is 4.99 Å². The molecule has 0 spiro atoms. The summed E-state index contributed by atoms with van der Waals surface area (Å²) in [5, 5.41) is 9.48. The summed E-state index contributed by atoms with van der Waals surface area (Å²) < 4.78 is 19.5. The van der Waals surface area contributed by atoms with Gasteiger partial charge in [-0.15, -0.1) is 0 Å². The summed E-state index contributed by atoms with van der Waals surface area (Å²) in [4.78, 5) is 18.5. The van der Waals surface area contributed by atoms with Crippen molar-refractivity contribution in [2.75, 3.05) is 13.7 Å². The van der Waals surface area contributed by atoms with E-state index in [1.807, 2.05) is 0 Å². The van der Waals surface area contributed by atoms with Crippen molar-refractivity contribution in [1.29, 1.82) is 0 Å². The van der Waals surface area contributed by atoms with Gasteiger partial charge in [0.05, 0.1) is 0 Å². The second kappa shape index (κ2) is 6.90. The summed E-state index contributed by atoms with van der Waals surface area (Å²) >= 11 is 0. The number of nitrogens with two attached hydrogens (primary N) is 1. The van der Waals surface area contributed by atoms with E-state index in [2.05, 4.69) is 4.99 Å². The number of benzene rings is 1. The number of likely N-dealkylation sites (N-methyl/N-ethyl adjacent to an activating group) is 1. The number of ether oxygens (including phenoxy) is 1. The Hall–Kier alpha value is -2.31. The van der Waals surface area contributed by atoms with Crippen LogP contribution in [0.5, 0.6) is 11.5 Å². The largest absolute Gasteiger partial charge is 0.505 e. The van der Waals surface area contributed by atoms with Gasteiger partial charge in [0, 0.05) is 7.05 Å². The number of phenolic OH excluding ortho intramolecular Hbond substituents is 1. The van der Waals surface area contributed by atoms with E-state index < -0.39 is 17.1 Å². The Bertz CT molecular complexity index is 688. The molecule has 1 fully saturated rings. The van der Waals surface area contributed by atoms with Crippen LogP contribution in [0.3, 0.4) is 0 Å². The molecule has 1 aromatic rings. The molecule has 1 amide bonds. The minimum atomic E-state index is -1.13. The number of carbonyl (C=O) groups is 1. The number of phenols is 1. The highest BCUT2D eigenvalue weighted by Crippen LogP contribution is 2.36. The second-order valence-electron chi connectivity index (χ2n) is 6.95. The van der Waals surface area contributed by atoms with Crippen LogP contribution >= 0.6 is 0 Å². The Morgan fingerprint density at radius 1 is 1.40 bits per heavy atom. The van der Waals surface area contributed by atoms with Crippen LogP contribution in [0.25, 0.3) is 0 Å². The van der Waals surface area contributed by atoms with Gasteiger partial charge in [-0.1, -0.05) is 38.2 Å². The molecule has 25 heavy (non-hydrogen) atoms. The minimum absolute atomic E-state index is 0.0980. The summed E-state index contributed by atoms with van der Waals surface area (Å²) in [5.74, 6) is -1.13. The molecule has 3 N–H and O–H groups in total. The highest BCUT2D eigenvalue weighted by Gasteiger charge is 2.48. The fourth-order valence-corrected chi connectivity index (χ4v) is 3.72. The van der Waals surface area contributed by atoms with Crippen LogP contribution in [0.1, 0.15) is 38.5 Å². The van der Waals surface area contributed by atoms with Crippen molar-refractivity contribution in [1.82, 2.24) is 4.90 Å². The molecule has 6 nitrogen and oxygen atoms in total. The zero-order valence-corrected chi connectivity index (χ0v) is 14.4. The minimum Gasteiger partial charge on any atom is -0.505 e. The summed E-state index contributed by atoms with van der Waals surface area (Å²) in [6, 6.07) is 4.14. The van der Waals surface area contributed by atoms with Crippen LogP contribution in [-0.4, -0.2) is 41.1 Å². The van der Waals surface area contributed by atoms with Gasteiger partial charge in [-0.05, 0) is 24.5 Å². The van der Waals surface area contributed by atoms with E-state index in [0.29, 0.717) is 12.3 Å². The van der Waals surface area contributed by atoms with Gasteiger partial charge in [0.15, 0.2) is 23.0 Å².